The molecule has 0 atom stereocenters. The van der Waals surface area contributed by atoms with Crippen LogP contribution in [0.25, 0.3) is 20.7 Å². The van der Waals surface area contributed by atoms with E-state index >= 15 is 0 Å². The number of fused-ring (bicyclic) bond motifs is 1. The van der Waals surface area contributed by atoms with Crippen molar-refractivity contribution in [3.8, 4) is 10.4 Å². The molecule has 4 heteroatoms. The number of aryl methyl sites for hydroxylation is 1. The number of hydrogen-bond donors (Lipinski definition) is 0. The maximum Gasteiger partial charge on any atom is 0.150 e. The molecule has 3 aromatic rings. The largest absolute Gasteiger partial charge is 0.232 e. The van der Waals surface area contributed by atoms with Crippen LogP contribution in [0.4, 0.5) is 0 Å². The molecule has 0 radical (unpaired) electrons. The lowest BCUT2D eigenvalue weighted by atomic mass is 10.2. The molecule has 1 aromatic carbocycles. The molecule has 2 nitrogen and oxygen atoms in total. The molecule has 0 aliphatic carbocycles. The van der Waals surface area contributed by atoms with Gasteiger partial charge in [0, 0.05) is 4.88 Å². The lowest BCUT2D eigenvalue weighted by Gasteiger charge is -1.93. The van der Waals surface area contributed by atoms with Gasteiger partial charge in [-0.3, -0.25) is 0 Å². The van der Waals surface area contributed by atoms with E-state index in [1.807, 2.05) is 25.1 Å². The van der Waals surface area contributed by atoms with Gasteiger partial charge < -0.3 is 0 Å². The van der Waals surface area contributed by atoms with Crippen LogP contribution in [-0.4, -0.2) is 9.97 Å². The smallest absolute Gasteiger partial charge is 0.150 e. The van der Waals surface area contributed by atoms with Gasteiger partial charge in [-0.1, -0.05) is 41.9 Å². The first kappa shape index (κ1) is 10.7. The van der Waals surface area contributed by atoms with Crippen LogP contribution in [0.3, 0.4) is 0 Å². The van der Waals surface area contributed by atoms with E-state index in [0.29, 0.717) is 11.0 Å². The average Bonchev–Trinajstić information content (AvgIpc) is 2.74. The summed E-state index contributed by atoms with van der Waals surface area (Å²) in [6, 6.07) is 12.3. The Hall–Kier alpha value is -1.45. The molecule has 0 aliphatic heterocycles. The molecule has 0 saturated carbocycles. The Morgan fingerprint density at radius 3 is 2.65 bits per heavy atom. The first-order valence-electron chi connectivity index (χ1n) is 5.23. The Kier molecular flexibility index (Phi) is 2.57. The molecule has 3 rings (SSSR count). The zero-order chi connectivity index (χ0) is 11.8. The Balaban J connectivity index is 2.24. The fourth-order valence-corrected chi connectivity index (χ4v) is 3.07. The monoisotopic (exact) mass is 260 g/mol. The highest BCUT2D eigenvalue weighted by Gasteiger charge is 2.09. The molecule has 0 unspecified atom stereocenters. The number of rotatable bonds is 1. The summed E-state index contributed by atoms with van der Waals surface area (Å²) in [5.74, 6) is 0.708. The highest BCUT2D eigenvalue weighted by Crippen LogP contribution is 2.35. The molecule has 0 spiro atoms. The maximum absolute atomic E-state index is 6.12. The molecule has 17 heavy (non-hydrogen) atoms. The number of halogens is 1. The molecule has 0 fully saturated rings. The summed E-state index contributed by atoms with van der Waals surface area (Å²) in [6.07, 6.45) is 0. The summed E-state index contributed by atoms with van der Waals surface area (Å²) in [5.41, 5.74) is 2.11. The second-order valence-electron chi connectivity index (χ2n) is 3.75. The summed E-state index contributed by atoms with van der Waals surface area (Å²) in [7, 11) is 0. The Labute approximate surface area is 108 Å². The molecule has 0 aliphatic rings. The molecule has 0 bridgehead atoms. The quantitative estimate of drug-likeness (QED) is 0.609. The third-order valence-electron chi connectivity index (χ3n) is 2.50. The van der Waals surface area contributed by atoms with Crippen molar-refractivity contribution < 1.29 is 0 Å². The van der Waals surface area contributed by atoms with Crippen LogP contribution in [0, 0.1) is 6.92 Å². The van der Waals surface area contributed by atoms with E-state index in [9.17, 15) is 0 Å². The third kappa shape index (κ3) is 1.92. The SMILES string of the molecule is Cc1nc(Cl)c2sc(-c3ccccc3)cc2n1. The standard InChI is InChI=1S/C13H9ClN2S/c1-8-15-10-7-11(9-5-3-2-4-6-9)17-12(10)13(14)16-8/h2-7H,1H3. The molecule has 0 amide bonds. The van der Waals surface area contributed by atoms with Crippen LogP contribution < -0.4 is 0 Å². The summed E-state index contributed by atoms with van der Waals surface area (Å²) in [6.45, 7) is 1.85. The van der Waals surface area contributed by atoms with E-state index in [0.717, 1.165) is 10.2 Å². The summed E-state index contributed by atoms with van der Waals surface area (Å²) >= 11 is 7.75. The van der Waals surface area contributed by atoms with E-state index in [2.05, 4.69) is 28.2 Å². The molecular formula is C13H9ClN2S. The van der Waals surface area contributed by atoms with E-state index in [-0.39, 0.29) is 0 Å². The summed E-state index contributed by atoms with van der Waals surface area (Å²) in [5, 5.41) is 0.541. The number of benzene rings is 1. The van der Waals surface area contributed by atoms with Gasteiger partial charge in [0.05, 0.1) is 10.2 Å². The normalized spacial score (nSPS) is 10.9. The number of hydrogen-bond acceptors (Lipinski definition) is 3. The van der Waals surface area contributed by atoms with Crippen molar-refractivity contribution in [1.29, 1.82) is 0 Å². The van der Waals surface area contributed by atoms with Gasteiger partial charge in [-0.25, -0.2) is 9.97 Å². The van der Waals surface area contributed by atoms with Gasteiger partial charge in [-0.05, 0) is 18.6 Å². The van der Waals surface area contributed by atoms with Crippen LogP contribution >= 0.6 is 22.9 Å². The Morgan fingerprint density at radius 2 is 1.88 bits per heavy atom. The van der Waals surface area contributed by atoms with Crippen molar-refractivity contribution in [3.63, 3.8) is 0 Å². The van der Waals surface area contributed by atoms with Crippen LogP contribution in [-0.2, 0) is 0 Å². The predicted octanol–water partition coefficient (Wildman–Crippen LogP) is 4.32. The zero-order valence-corrected chi connectivity index (χ0v) is 10.7. The highest BCUT2D eigenvalue weighted by molar-refractivity contribution is 7.22. The lowest BCUT2D eigenvalue weighted by Crippen LogP contribution is -1.86. The summed E-state index contributed by atoms with van der Waals surface area (Å²) < 4.78 is 0.955. The lowest BCUT2D eigenvalue weighted by molar-refractivity contribution is 1.10. The average molecular weight is 261 g/mol. The number of aromatic nitrogens is 2. The zero-order valence-electron chi connectivity index (χ0n) is 9.14. The fourth-order valence-electron chi connectivity index (χ4n) is 1.75. The van der Waals surface area contributed by atoms with Crippen LogP contribution in [0.5, 0.6) is 0 Å². The van der Waals surface area contributed by atoms with Crippen molar-refractivity contribution in [3.05, 3.63) is 47.4 Å². The molecule has 0 saturated heterocycles. The van der Waals surface area contributed by atoms with Gasteiger partial charge in [0.2, 0.25) is 0 Å². The number of thiophene rings is 1. The van der Waals surface area contributed by atoms with E-state index in [1.165, 1.54) is 10.4 Å². The first-order valence-corrected chi connectivity index (χ1v) is 6.42. The van der Waals surface area contributed by atoms with Gasteiger partial charge in [0.25, 0.3) is 0 Å². The molecule has 0 N–H and O–H groups in total. The van der Waals surface area contributed by atoms with E-state index < -0.39 is 0 Å². The van der Waals surface area contributed by atoms with Gasteiger partial charge in [0.1, 0.15) is 5.82 Å². The van der Waals surface area contributed by atoms with Crippen molar-refractivity contribution in [1.82, 2.24) is 9.97 Å². The Bertz CT molecular complexity index is 676. The third-order valence-corrected chi connectivity index (χ3v) is 4.07. The molecule has 84 valence electrons. The van der Waals surface area contributed by atoms with Crippen LogP contribution in [0.1, 0.15) is 5.82 Å². The minimum Gasteiger partial charge on any atom is -0.232 e. The predicted molar refractivity (Wildman–Crippen MR) is 72.6 cm³/mol. The van der Waals surface area contributed by atoms with Crippen LogP contribution in [0.2, 0.25) is 5.15 Å². The first-order chi connectivity index (χ1) is 8.24. The van der Waals surface area contributed by atoms with Crippen LogP contribution in [0.15, 0.2) is 36.4 Å². The topological polar surface area (TPSA) is 25.8 Å². The van der Waals surface area contributed by atoms with Crippen molar-refractivity contribution >= 4 is 33.2 Å². The van der Waals surface area contributed by atoms with E-state index in [4.69, 9.17) is 11.6 Å². The van der Waals surface area contributed by atoms with Crippen molar-refractivity contribution in [2.24, 2.45) is 0 Å². The van der Waals surface area contributed by atoms with Gasteiger partial charge in [0.15, 0.2) is 5.15 Å². The molecular weight excluding hydrogens is 252 g/mol. The maximum atomic E-state index is 6.12. The van der Waals surface area contributed by atoms with Crippen molar-refractivity contribution in [2.75, 3.05) is 0 Å². The van der Waals surface area contributed by atoms with Gasteiger partial charge in [-0.15, -0.1) is 11.3 Å². The summed E-state index contributed by atoms with van der Waals surface area (Å²) in [4.78, 5) is 9.74. The minimum atomic E-state index is 0.541. The van der Waals surface area contributed by atoms with Crippen molar-refractivity contribution in [2.45, 2.75) is 6.92 Å². The Morgan fingerprint density at radius 1 is 1.12 bits per heavy atom. The van der Waals surface area contributed by atoms with E-state index in [1.54, 1.807) is 11.3 Å². The van der Waals surface area contributed by atoms with Gasteiger partial charge in [-0.2, -0.15) is 0 Å². The molecule has 2 aromatic heterocycles. The minimum absolute atomic E-state index is 0.541. The highest BCUT2D eigenvalue weighted by atomic mass is 35.5. The second kappa shape index (κ2) is 4.09. The fraction of sp³-hybridized carbons (Fsp3) is 0.0769. The van der Waals surface area contributed by atoms with Gasteiger partial charge >= 0.3 is 0 Å². The number of nitrogens with zero attached hydrogens (tertiary/aromatic N) is 2. The molecule has 2 heterocycles. The second-order valence-corrected chi connectivity index (χ2v) is 5.16.